The van der Waals surface area contributed by atoms with Crippen molar-refractivity contribution < 1.29 is 9.13 Å². The molecule has 0 saturated heterocycles. The number of nitrogens with zero attached hydrogens (tertiary/aromatic N) is 2. The van der Waals surface area contributed by atoms with Crippen LogP contribution in [0.25, 0.3) is 16.0 Å². The molecule has 4 N–H and O–H groups in total. The van der Waals surface area contributed by atoms with Crippen LogP contribution in [0.3, 0.4) is 0 Å². The van der Waals surface area contributed by atoms with Gasteiger partial charge < -0.3 is 16.3 Å². The van der Waals surface area contributed by atoms with E-state index in [0.717, 1.165) is 37.0 Å². The second kappa shape index (κ2) is 7.20. The highest BCUT2D eigenvalue weighted by atomic mass is 32.1. The van der Waals surface area contributed by atoms with Crippen molar-refractivity contribution in [3.05, 3.63) is 54.4 Å². The SMILES string of the molecule is COc1c(-c2cc3c(s2)CCCC3CN)c(F)c(C)n2c(=O)n(N)c(=O)c(C3CC3)c12. The zero-order valence-corrected chi connectivity index (χ0v) is 18.4. The van der Waals surface area contributed by atoms with Gasteiger partial charge in [-0.1, -0.05) is 0 Å². The Hall–Kier alpha value is -2.65. The van der Waals surface area contributed by atoms with E-state index in [9.17, 15) is 9.59 Å². The third-order valence-corrected chi connectivity index (χ3v) is 7.83. The number of nitrogens with two attached hydrogens (primary N) is 2. The third-order valence-electron chi connectivity index (χ3n) is 6.60. The fourth-order valence-corrected chi connectivity index (χ4v) is 6.17. The first-order valence-corrected chi connectivity index (χ1v) is 11.4. The third kappa shape index (κ3) is 2.86. The second-order valence-corrected chi connectivity index (χ2v) is 9.59. The minimum atomic E-state index is -0.778. The van der Waals surface area contributed by atoms with E-state index in [4.69, 9.17) is 16.3 Å². The van der Waals surface area contributed by atoms with Gasteiger partial charge in [-0.05, 0) is 69.0 Å². The van der Waals surface area contributed by atoms with Gasteiger partial charge in [0, 0.05) is 9.75 Å². The first kappa shape index (κ1) is 20.3. The molecule has 0 aliphatic heterocycles. The van der Waals surface area contributed by atoms with Gasteiger partial charge in [0.1, 0.15) is 5.52 Å². The largest absolute Gasteiger partial charge is 0.494 e. The lowest BCUT2D eigenvalue weighted by atomic mass is 9.87. The summed E-state index contributed by atoms with van der Waals surface area (Å²) in [6.07, 6.45) is 4.67. The Bertz CT molecular complexity index is 1340. The molecule has 2 aliphatic carbocycles. The van der Waals surface area contributed by atoms with E-state index in [0.29, 0.717) is 27.9 Å². The molecule has 3 heterocycles. The fourth-order valence-electron chi connectivity index (χ4n) is 4.85. The molecular weight excluding hydrogens is 419 g/mol. The number of pyridine rings is 1. The molecule has 1 atom stereocenters. The molecule has 0 radical (unpaired) electrons. The van der Waals surface area contributed by atoms with Gasteiger partial charge in [0.05, 0.1) is 23.9 Å². The Labute approximate surface area is 182 Å². The summed E-state index contributed by atoms with van der Waals surface area (Å²) in [4.78, 5) is 27.7. The topological polar surface area (TPSA) is 105 Å². The van der Waals surface area contributed by atoms with E-state index in [1.165, 1.54) is 40.2 Å². The van der Waals surface area contributed by atoms with Crippen LogP contribution in [0.5, 0.6) is 5.75 Å². The number of hydrogen-bond acceptors (Lipinski definition) is 6. The normalized spacial score (nSPS) is 18.4. The maximum absolute atomic E-state index is 15.8. The molecule has 2 aliphatic rings. The average molecular weight is 445 g/mol. The minimum absolute atomic E-state index is 0.0114. The predicted molar refractivity (Wildman–Crippen MR) is 119 cm³/mol. The fraction of sp³-hybridized carbons (Fsp3) is 0.455. The lowest BCUT2D eigenvalue weighted by molar-refractivity contribution is 0.414. The average Bonchev–Trinajstić information content (AvgIpc) is 3.51. The number of hydrogen-bond donors (Lipinski definition) is 2. The summed E-state index contributed by atoms with van der Waals surface area (Å²) in [5.74, 6) is 5.68. The van der Waals surface area contributed by atoms with Crippen molar-refractivity contribution in [3.63, 3.8) is 0 Å². The van der Waals surface area contributed by atoms with E-state index in [1.54, 1.807) is 0 Å². The van der Waals surface area contributed by atoms with Crippen LogP contribution in [0.1, 0.15) is 59.2 Å². The number of rotatable bonds is 4. The van der Waals surface area contributed by atoms with E-state index in [2.05, 4.69) is 0 Å². The Morgan fingerprint density at radius 2 is 2.03 bits per heavy atom. The molecule has 0 spiro atoms. The number of thiophene rings is 1. The number of aryl methyl sites for hydroxylation is 2. The number of halogens is 1. The van der Waals surface area contributed by atoms with Crippen LogP contribution < -0.4 is 27.6 Å². The zero-order valence-electron chi connectivity index (χ0n) is 17.5. The van der Waals surface area contributed by atoms with Gasteiger partial charge in [-0.3, -0.25) is 9.20 Å². The van der Waals surface area contributed by atoms with E-state index >= 15 is 4.39 Å². The van der Waals surface area contributed by atoms with Crippen LogP contribution in [0.15, 0.2) is 15.7 Å². The summed E-state index contributed by atoms with van der Waals surface area (Å²) < 4.78 is 23.2. The van der Waals surface area contributed by atoms with Gasteiger partial charge in [-0.2, -0.15) is 4.68 Å². The van der Waals surface area contributed by atoms with Crippen LogP contribution >= 0.6 is 11.3 Å². The molecule has 9 heteroatoms. The number of ether oxygens (including phenoxy) is 1. The summed E-state index contributed by atoms with van der Waals surface area (Å²) in [6, 6.07) is 2.01. The molecule has 0 bridgehead atoms. The van der Waals surface area contributed by atoms with E-state index < -0.39 is 17.1 Å². The summed E-state index contributed by atoms with van der Waals surface area (Å²) >= 11 is 1.54. The molecular formula is C22H25FN4O3S. The van der Waals surface area contributed by atoms with Crippen molar-refractivity contribution >= 4 is 16.9 Å². The zero-order chi connectivity index (χ0) is 22.0. The van der Waals surface area contributed by atoms with Crippen molar-refractivity contribution in [2.45, 2.75) is 50.9 Å². The second-order valence-electron chi connectivity index (χ2n) is 8.45. The number of methoxy groups -OCH3 is 1. The van der Waals surface area contributed by atoms with Gasteiger partial charge in [0.15, 0.2) is 11.6 Å². The standard InChI is InChI=1S/C22H25FN4O3S/c1-10-18(23)17(15-8-13-12(9-24)4-3-5-14(13)31-15)20(30-2)19-16(11-6-7-11)21(28)27(25)22(29)26(10)19/h8,11-12H,3-7,9,24-25H2,1-2H3. The summed E-state index contributed by atoms with van der Waals surface area (Å²) in [7, 11) is 1.44. The molecule has 31 heavy (non-hydrogen) atoms. The van der Waals surface area contributed by atoms with Crippen LogP contribution in [0.2, 0.25) is 0 Å². The number of aromatic nitrogens is 2. The van der Waals surface area contributed by atoms with Gasteiger partial charge >= 0.3 is 5.69 Å². The van der Waals surface area contributed by atoms with Crippen LogP contribution in [-0.2, 0) is 6.42 Å². The summed E-state index contributed by atoms with van der Waals surface area (Å²) in [5, 5.41) is 0. The monoisotopic (exact) mass is 444 g/mol. The molecule has 1 unspecified atom stereocenters. The lowest BCUT2D eigenvalue weighted by Crippen LogP contribution is -2.45. The summed E-state index contributed by atoms with van der Waals surface area (Å²) in [6.45, 7) is 2.08. The molecule has 164 valence electrons. The molecule has 0 aromatic carbocycles. The summed E-state index contributed by atoms with van der Waals surface area (Å²) in [5.41, 5.74) is 6.98. The van der Waals surface area contributed by atoms with Crippen LogP contribution in [0.4, 0.5) is 4.39 Å². The lowest BCUT2D eigenvalue weighted by Gasteiger charge is -2.20. The smallest absolute Gasteiger partial charge is 0.354 e. The highest BCUT2D eigenvalue weighted by molar-refractivity contribution is 7.15. The van der Waals surface area contributed by atoms with Crippen molar-refractivity contribution in [1.82, 2.24) is 9.08 Å². The van der Waals surface area contributed by atoms with E-state index in [1.807, 2.05) is 6.07 Å². The highest BCUT2D eigenvalue weighted by Gasteiger charge is 2.35. The Morgan fingerprint density at radius 3 is 2.68 bits per heavy atom. The number of nitrogen functional groups attached to an aromatic ring is 1. The van der Waals surface area contributed by atoms with Gasteiger partial charge in [-0.25, -0.2) is 9.18 Å². The van der Waals surface area contributed by atoms with Crippen molar-refractivity contribution in [2.75, 3.05) is 19.5 Å². The van der Waals surface area contributed by atoms with Crippen molar-refractivity contribution in [2.24, 2.45) is 5.73 Å². The van der Waals surface area contributed by atoms with Crippen LogP contribution in [-0.4, -0.2) is 22.7 Å². The Morgan fingerprint density at radius 1 is 1.29 bits per heavy atom. The molecule has 3 aromatic heterocycles. The molecule has 7 nitrogen and oxygen atoms in total. The first-order valence-electron chi connectivity index (χ1n) is 10.5. The van der Waals surface area contributed by atoms with E-state index in [-0.39, 0.29) is 23.3 Å². The van der Waals surface area contributed by atoms with Crippen molar-refractivity contribution in [1.29, 1.82) is 0 Å². The Kier molecular flexibility index (Phi) is 4.71. The molecule has 1 fully saturated rings. The first-order chi connectivity index (χ1) is 14.9. The number of fused-ring (bicyclic) bond motifs is 2. The van der Waals surface area contributed by atoms with Gasteiger partial charge in [0.25, 0.3) is 5.56 Å². The maximum atomic E-state index is 15.8. The predicted octanol–water partition coefficient (Wildman–Crippen LogP) is 2.62. The van der Waals surface area contributed by atoms with Gasteiger partial charge in [-0.15, -0.1) is 11.3 Å². The molecule has 3 aromatic rings. The quantitative estimate of drug-likeness (QED) is 0.602. The van der Waals surface area contributed by atoms with Gasteiger partial charge in [0.2, 0.25) is 0 Å². The minimum Gasteiger partial charge on any atom is -0.494 e. The Balaban J connectivity index is 1.90. The maximum Gasteiger partial charge on any atom is 0.354 e. The molecule has 1 saturated carbocycles. The van der Waals surface area contributed by atoms with Crippen molar-refractivity contribution in [3.8, 4) is 16.2 Å². The molecule has 0 amide bonds. The molecule has 5 rings (SSSR count). The van der Waals surface area contributed by atoms with Crippen LogP contribution in [0, 0.1) is 12.7 Å². The highest BCUT2D eigenvalue weighted by Crippen LogP contribution is 2.48.